The van der Waals surface area contributed by atoms with Crippen molar-refractivity contribution in [2.24, 2.45) is 0 Å². The van der Waals surface area contributed by atoms with Crippen LogP contribution in [0.4, 0.5) is 4.39 Å². The molecule has 1 aliphatic rings. The van der Waals surface area contributed by atoms with E-state index in [1.807, 2.05) is 6.07 Å². The van der Waals surface area contributed by atoms with Crippen molar-refractivity contribution in [3.8, 4) is 5.75 Å². The number of rotatable bonds is 2. The van der Waals surface area contributed by atoms with E-state index in [-0.39, 0.29) is 10.8 Å². The molecule has 1 N–H and O–H groups in total. The van der Waals surface area contributed by atoms with Crippen LogP contribution in [0.1, 0.15) is 17.9 Å². The Morgan fingerprint density at radius 3 is 2.93 bits per heavy atom. The van der Waals surface area contributed by atoms with Crippen LogP contribution < -0.4 is 10.1 Å². The van der Waals surface area contributed by atoms with E-state index >= 15 is 0 Å². The lowest BCUT2D eigenvalue weighted by Gasteiger charge is -2.14. The Morgan fingerprint density at radius 2 is 2.33 bits per heavy atom. The summed E-state index contributed by atoms with van der Waals surface area (Å²) in [5.41, 5.74) is 0.907. The summed E-state index contributed by atoms with van der Waals surface area (Å²) in [7, 11) is 1.47. The van der Waals surface area contributed by atoms with Crippen LogP contribution in [-0.4, -0.2) is 20.2 Å². The summed E-state index contributed by atoms with van der Waals surface area (Å²) in [5, 5.41) is 3.36. The minimum absolute atomic E-state index is 0.113. The van der Waals surface area contributed by atoms with Crippen molar-refractivity contribution in [3.05, 3.63) is 28.5 Å². The third-order valence-corrected chi connectivity index (χ3v) is 3.08. The normalized spacial score (nSPS) is 20.6. The molecular weight excluding hydrogens is 217 g/mol. The fourth-order valence-corrected chi connectivity index (χ4v) is 2.14. The fraction of sp³-hybridized carbons (Fsp3) is 0.455. The third kappa shape index (κ3) is 1.94. The molecule has 82 valence electrons. The first-order valence-corrected chi connectivity index (χ1v) is 5.34. The van der Waals surface area contributed by atoms with Crippen LogP contribution in [0.25, 0.3) is 0 Å². The molecule has 1 unspecified atom stereocenters. The highest BCUT2D eigenvalue weighted by Crippen LogP contribution is 2.35. The molecule has 2 nitrogen and oxygen atoms in total. The Labute approximate surface area is 93.4 Å². The molecule has 0 aliphatic carbocycles. The van der Waals surface area contributed by atoms with Gasteiger partial charge in [-0.2, -0.15) is 0 Å². The molecule has 1 atom stereocenters. The highest BCUT2D eigenvalue weighted by atomic mass is 35.5. The van der Waals surface area contributed by atoms with Crippen molar-refractivity contribution in [1.29, 1.82) is 0 Å². The molecule has 2 rings (SSSR count). The molecule has 1 aromatic rings. The fourth-order valence-electron chi connectivity index (χ4n) is 2.00. The van der Waals surface area contributed by atoms with Crippen molar-refractivity contribution in [3.63, 3.8) is 0 Å². The van der Waals surface area contributed by atoms with Crippen molar-refractivity contribution in [1.82, 2.24) is 5.32 Å². The second-order valence-electron chi connectivity index (χ2n) is 3.67. The van der Waals surface area contributed by atoms with Gasteiger partial charge in [0, 0.05) is 18.0 Å². The maximum atomic E-state index is 13.6. The molecule has 0 saturated carbocycles. The number of hydrogen-bond donors (Lipinski definition) is 1. The van der Waals surface area contributed by atoms with Gasteiger partial charge in [0.1, 0.15) is 0 Å². The molecule has 4 heteroatoms. The smallest absolute Gasteiger partial charge is 0.183 e. The first kappa shape index (κ1) is 10.7. The lowest BCUT2D eigenvalue weighted by atomic mass is 9.97. The Balaban J connectivity index is 2.41. The van der Waals surface area contributed by atoms with Gasteiger partial charge in [-0.25, -0.2) is 4.39 Å². The standard InChI is InChI=1S/C11H13ClFNO/c1-15-11-8(7-4-5-14-6-7)2-3-9(12)10(11)13/h2-3,7,14H,4-6H2,1H3. The van der Waals surface area contributed by atoms with Crippen LogP contribution in [0.2, 0.25) is 5.02 Å². The Morgan fingerprint density at radius 1 is 1.53 bits per heavy atom. The summed E-state index contributed by atoms with van der Waals surface area (Å²) in [6.07, 6.45) is 1.01. The maximum Gasteiger partial charge on any atom is 0.183 e. The summed E-state index contributed by atoms with van der Waals surface area (Å²) in [5.74, 6) is 0.159. The molecule has 0 amide bonds. The van der Waals surface area contributed by atoms with Crippen molar-refractivity contribution >= 4 is 11.6 Å². The zero-order chi connectivity index (χ0) is 10.8. The highest BCUT2D eigenvalue weighted by molar-refractivity contribution is 6.30. The minimum Gasteiger partial charge on any atom is -0.493 e. The van der Waals surface area contributed by atoms with Crippen LogP contribution >= 0.6 is 11.6 Å². The second kappa shape index (κ2) is 4.37. The molecular formula is C11H13ClFNO. The van der Waals surface area contributed by atoms with E-state index in [1.165, 1.54) is 7.11 Å². The van der Waals surface area contributed by atoms with E-state index < -0.39 is 5.82 Å². The van der Waals surface area contributed by atoms with Crippen LogP contribution in [0.15, 0.2) is 12.1 Å². The number of nitrogens with one attached hydrogen (secondary N) is 1. The number of ether oxygens (including phenoxy) is 1. The number of hydrogen-bond acceptors (Lipinski definition) is 2. The predicted molar refractivity (Wildman–Crippen MR) is 58.2 cm³/mol. The number of halogens is 2. The van der Waals surface area contributed by atoms with E-state index in [0.29, 0.717) is 5.92 Å². The topological polar surface area (TPSA) is 21.3 Å². The Kier molecular flexibility index (Phi) is 3.12. The van der Waals surface area contributed by atoms with Gasteiger partial charge in [-0.1, -0.05) is 17.7 Å². The van der Waals surface area contributed by atoms with E-state index in [1.54, 1.807) is 6.07 Å². The van der Waals surface area contributed by atoms with Crippen molar-refractivity contribution in [2.75, 3.05) is 20.2 Å². The summed E-state index contributed by atoms with van der Waals surface area (Å²) in [4.78, 5) is 0. The molecule has 15 heavy (non-hydrogen) atoms. The number of benzene rings is 1. The summed E-state index contributed by atoms with van der Waals surface area (Å²) in [6.45, 7) is 1.84. The average molecular weight is 230 g/mol. The monoisotopic (exact) mass is 229 g/mol. The summed E-state index contributed by atoms with van der Waals surface area (Å²) >= 11 is 5.70. The molecule has 1 saturated heterocycles. The summed E-state index contributed by atoms with van der Waals surface area (Å²) in [6, 6.07) is 3.44. The average Bonchev–Trinajstić information content (AvgIpc) is 2.75. The quantitative estimate of drug-likeness (QED) is 0.842. The van der Waals surface area contributed by atoms with Crippen LogP contribution in [0, 0.1) is 5.82 Å². The van der Waals surface area contributed by atoms with Gasteiger partial charge < -0.3 is 10.1 Å². The predicted octanol–water partition coefficient (Wildman–Crippen LogP) is 2.56. The van der Waals surface area contributed by atoms with Gasteiger partial charge in [-0.15, -0.1) is 0 Å². The maximum absolute atomic E-state index is 13.6. The third-order valence-electron chi connectivity index (χ3n) is 2.78. The second-order valence-corrected chi connectivity index (χ2v) is 4.08. The Bertz CT molecular complexity index is 364. The highest BCUT2D eigenvalue weighted by Gasteiger charge is 2.23. The molecule has 1 aliphatic heterocycles. The summed E-state index contributed by atoms with van der Waals surface area (Å²) < 4.78 is 18.7. The van der Waals surface area contributed by atoms with E-state index in [0.717, 1.165) is 25.1 Å². The zero-order valence-corrected chi connectivity index (χ0v) is 9.27. The van der Waals surface area contributed by atoms with Gasteiger partial charge in [0.2, 0.25) is 0 Å². The molecule has 1 fully saturated rings. The van der Waals surface area contributed by atoms with E-state index in [2.05, 4.69) is 5.32 Å². The van der Waals surface area contributed by atoms with Gasteiger partial charge in [0.05, 0.1) is 12.1 Å². The first-order valence-electron chi connectivity index (χ1n) is 4.96. The molecule has 0 spiro atoms. The van der Waals surface area contributed by atoms with Gasteiger partial charge in [0.15, 0.2) is 11.6 Å². The first-order chi connectivity index (χ1) is 7.24. The largest absolute Gasteiger partial charge is 0.493 e. The molecule has 0 aromatic heterocycles. The van der Waals surface area contributed by atoms with Crippen molar-refractivity contribution in [2.45, 2.75) is 12.3 Å². The van der Waals surface area contributed by atoms with Crippen LogP contribution in [0.3, 0.4) is 0 Å². The van der Waals surface area contributed by atoms with Gasteiger partial charge in [0.25, 0.3) is 0 Å². The van der Waals surface area contributed by atoms with Gasteiger partial charge in [-0.3, -0.25) is 0 Å². The van der Waals surface area contributed by atoms with E-state index in [4.69, 9.17) is 16.3 Å². The lowest BCUT2D eigenvalue weighted by molar-refractivity contribution is 0.378. The zero-order valence-electron chi connectivity index (χ0n) is 8.52. The van der Waals surface area contributed by atoms with Crippen LogP contribution in [0.5, 0.6) is 5.75 Å². The molecule has 1 aromatic carbocycles. The SMILES string of the molecule is COc1c(C2CCNC2)ccc(Cl)c1F. The van der Waals surface area contributed by atoms with E-state index in [9.17, 15) is 4.39 Å². The van der Waals surface area contributed by atoms with Gasteiger partial charge in [-0.05, 0) is 19.0 Å². The van der Waals surface area contributed by atoms with Crippen LogP contribution in [-0.2, 0) is 0 Å². The molecule has 1 heterocycles. The molecule has 0 bridgehead atoms. The molecule has 0 radical (unpaired) electrons. The van der Waals surface area contributed by atoms with Crippen molar-refractivity contribution < 1.29 is 9.13 Å². The lowest BCUT2D eigenvalue weighted by Crippen LogP contribution is -2.09. The van der Waals surface area contributed by atoms with Gasteiger partial charge >= 0.3 is 0 Å². The minimum atomic E-state index is -0.455. The Hall–Kier alpha value is -0.800. The number of methoxy groups -OCH3 is 1.